The maximum atomic E-state index is 15.5. The van der Waals surface area contributed by atoms with Crippen molar-refractivity contribution in [2.24, 2.45) is 9.98 Å². The molecule has 0 unspecified atom stereocenters. The molecule has 252 valence electrons. The standard InChI is InChI=1S/C38H38ClF5N4/c1-5-12-25-16-10-17-26(13-6-2)36(25)46-37(27-14-8-7-9-15-27)47-18-11-19-48(22-47)38(45-35-24(4)20-23(3)21-28(35)39)29-30(40)32(42)34(44)33(43)31(29)41/h7-10,14-17,20-21H,5-6,11-13,18-19,22H2,1-4H3/b45-38+,46-37+. The normalized spacial score (nSPS) is 14.2. The molecule has 0 radical (unpaired) electrons. The van der Waals surface area contributed by atoms with Crippen LogP contribution in [0, 0.1) is 42.9 Å². The van der Waals surface area contributed by atoms with E-state index in [0.717, 1.165) is 53.6 Å². The number of para-hydroxylation sites is 1. The number of benzene rings is 4. The minimum absolute atomic E-state index is 0.00758. The molecule has 4 aromatic carbocycles. The minimum Gasteiger partial charge on any atom is -0.338 e. The first-order valence-corrected chi connectivity index (χ1v) is 16.5. The van der Waals surface area contributed by atoms with E-state index in [9.17, 15) is 13.2 Å². The highest BCUT2D eigenvalue weighted by Crippen LogP contribution is 2.34. The van der Waals surface area contributed by atoms with Gasteiger partial charge >= 0.3 is 0 Å². The van der Waals surface area contributed by atoms with E-state index >= 15 is 8.78 Å². The van der Waals surface area contributed by atoms with E-state index in [1.165, 1.54) is 4.90 Å². The summed E-state index contributed by atoms with van der Waals surface area (Å²) in [5.74, 6) is -10.0. The van der Waals surface area contributed by atoms with Gasteiger partial charge < -0.3 is 9.80 Å². The zero-order chi connectivity index (χ0) is 34.5. The Bertz CT molecular complexity index is 1780. The summed E-state index contributed by atoms with van der Waals surface area (Å²) in [4.78, 5) is 13.3. The highest BCUT2D eigenvalue weighted by Gasteiger charge is 2.33. The molecule has 48 heavy (non-hydrogen) atoms. The van der Waals surface area contributed by atoms with Crippen molar-refractivity contribution in [3.63, 3.8) is 0 Å². The molecule has 10 heteroatoms. The summed E-state index contributed by atoms with van der Waals surface area (Å²) < 4.78 is 74.6. The fraction of sp³-hybridized carbons (Fsp3) is 0.316. The lowest BCUT2D eigenvalue weighted by atomic mass is 10.00. The van der Waals surface area contributed by atoms with Crippen LogP contribution < -0.4 is 0 Å². The zero-order valence-corrected chi connectivity index (χ0v) is 28.2. The molecule has 0 amide bonds. The maximum absolute atomic E-state index is 15.5. The molecular formula is C38H38ClF5N4. The summed E-state index contributed by atoms with van der Waals surface area (Å²) >= 11 is 6.55. The Balaban J connectivity index is 1.70. The molecule has 0 N–H and O–H groups in total. The second-order valence-electron chi connectivity index (χ2n) is 12.0. The number of nitrogens with zero attached hydrogens (tertiary/aromatic N) is 4. The van der Waals surface area contributed by atoms with E-state index in [0.29, 0.717) is 24.4 Å². The Morgan fingerprint density at radius 3 is 1.79 bits per heavy atom. The van der Waals surface area contributed by atoms with Gasteiger partial charge in [-0.2, -0.15) is 0 Å². The Kier molecular flexibility index (Phi) is 11.2. The monoisotopic (exact) mass is 680 g/mol. The van der Waals surface area contributed by atoms with Crippen molar-refractivity contribution in [1.82, 2.24) is 9.80 Å². The van der Waals surface area contributed by atoms with Crippen LogP contribution in [0.15, 0.2) is 70.6 Å². The topological polar surface area (TPSA) is 31.2 Å². The van der Waals surface area contributed by atoms with Crippen LogP contribution >= 0.6 is 11.6 Å². The van der Waals surface area contributed by atoms with E-state index < -0.39 is 40.5 Å². The summed E-state index contributed by atoms with van der Waals surface area (Å²) in [6.07, 6.45) is 4.01. The Labute approximate surface area is 283 Å². The smallest absolute Gasteiger partial charge is 0.200 e. The Morgan fingerprint density at radius 2 is 1.23 bits per heavy atom. The van der Waals surface area contributed by atoms with Crippen LogP contribution in [0.4, 0.5) is 33.3 Å². The number of amidine groups is 2. The van der Waals surface area contributed by atoms with Gasteiger partial charge in [0.25, 0.3) is 0 Å². The lowest BCUT2D eigenvalue weighted by Crippen LogP contribution is -2.50. The second kappa shape index (κ2) is 15.3. The molecule has 5 rings (SSSR count). The fourth-order valence-electron chi connectivity index (χ4n) is 6.13. The van der Waals surface area contributed by atoms with E-state index in [4.69, 9.17) is 16.6 Å². The number of hydrogen-bond donors (Lipinski definition) is 0. The lowest BCUT2D eigenvalue weighted by Gasteiger charge is -2.39. The summed E-state index contributed by atoms with van der Waals surface area (Å²) in [6.45, 7) is 8.54. The molecule has 0 saturated carbocycles. The van der Waals surface area contributed by atoms with Gasteiger partial charge in [-0.3, -0.25) is 0 Å². The van der Waals surface area contributed by atoms with E-state index in [1.807, 2.05) is 48.2 Å². The number of rotatable bonds is 8. The first-order valence-electron chi connectivity index (χ1n) is 16.2. The van der Waals surface area contributed by atoms with Gasteiger partial charge in [-0.05, 0) is 61.4 Å². The molecule has 0 bridgehead atoms. The predicted octanol–water partition coefficient (Wildman–Crippen LogP) is 10.4. The summed E-state index contributed by atoms with van der Waals surface area (Å²) in [7, 11) is 0. The molecule has 0 atom stereocenters. The summed E-state index contributed by atoms with van der Waals surface area (Å²) in [5, 5.41) is 0.185. The summed E-state index contributed by atoms with van der Waals surface area (Å²) in [6, 6.07) is 19.2. The average molecular weight is 681 g/mol. The molecule has 1 saturated heterocycles. The molecule has 1 fully saturated rings. The average Bonchev–Trinajstić information content (AvgIpc) is 3.07. The highest BCUT2D eigenvalue weighted by molar-refractivity contribution is 6.33. The highest BCUT2D eigenvalue weighted by atomic mass is 35.5. The van der Waals surface area contributed by atoms with Crippen molar-refractivity contribution in [3.05, 3.63) is 128 Å². The van der Waals surface area contributed by atoms with Gasteiger partial charge in [0.2, 0.25) is 5.82 Å². The van der Waals surface area contributed by atoms with Gasteiger partial charge in [-0.1, -0.05) is 92.9 Å². The van der Waals surface area contributed by atoms with E-state index in [1.54, 1.807) is 19.1 Å². The third-order valence-electron chi connectivity index (χ3n) is 8.34. The molecule has 4 nitrogen and oxygen atoms in total. The largest absolute Gasteiger partial charge is 0.338 e. The second-order valence-corrected chi connectivity index (χ2v) is 12.4. The molecular weight excluding hydrogens is 643 g/mol. The van der Waals surface area contributed by atoms with Crippen molar-refractivity contribution < 1.29 is 22.0 Å². The van der Waals surface area contributed by atoms with Crippen molar-refractivity contribution >= 4 is 34.6 Å². The van der Waals surface area contributed by atoms with Crippen molar-refractivity contribution in [2.75, 3.05) is 19.8 Å². The van der Waals surface area contributed by atoms with Gasteiger partial charge in [0.1, 0.15) is 11.7 Å². The first-order chi connectivity index (χ1) is 23.0. The SMILES string of the molecule is CCCc1cccc(CCC)c1/N=C(\c1ccccc1)N1CCCN(/C(=N/c2c(C)cc(C)cc2Cl)c2c(F)c(F)c(F)c(F)c2F)C1. The van der Waals surface area contributed by atoms with Crippen LogP contribution in [-0.2, 0) is 12.8 Å². The molecule has 1 aliphatic heterocycles. The van der Waals surface area contributed by atoms with Crippen LogP contribution in [0.2, 0.25) is 5.02 Å². The van der Waals surface area contributed by atoms with E-state index in [-0.39, 0.29) is 23.9 Å². The van der Waals surface area contributed by atoms with Gasteiger partial charge in [0.15, 0.2) is 23.3 Å². The Hall–Kier alpha value is -4.24. The Morgan fingerprint density at radius 1 is 0.688 bits per heavy atom. The predicted molar refractivity (Wildman–Crippen MR) is 183 cm³/mol. The van der Waals surface area contributed by atoms with Crippen LogP contribution in [0.25, 0.3) is 0 Å². The molecule has 0 spiro atoms. The quantitative estimate of drug-likeness (QED) is 0.0610. The number of hydrogen-bond acceptors (Lipinski definition) is 2. The van der Waals surface area contributed by atoms with E-state index in [2.05, 4.69) is 31.0 Å². The molecule has 0 aromatic heterocycles. The van der Waals surface area contributed by atoms with Crippen LogP contribution in [-0.4, -0.2) is 41.2 Å². The third-order valence-corrected chi connectivity index (χ3v) is 8.63. The van der Waals surface area contributed by atoms with Gasteiger partial charge in [0.05, 0.1) is 28.6 Å². The zero-order valence-electron chi connectivity index (χ0n) is 27.5. The molecule has 1 aliphatic rings. The molecule has 0 aliphatic carbocycles. The van der Waals surface area contributed by atoms with Gasteiger partial charge in [-0.15, -0.1) is 0 Å². The van der Waals surface area contributed by atoms with Crippen molar-refractivity contribution in [2.45, 2.75) is 59.8 Å². The maximum Gasteiger partial charge on any atom is 0.200 e. The van der Waals surface area contributed by atoms with Crippen molar-refractivity contribution in [3.8, 4) is 0 Å². The summed E-state index contributed by atoms with van der Waals surface area (Å²) in [5.41, 5.74) is 4.39. The number of halogens is 6. The fourth-order valence-corrected chi connectivity index (χ4v) is 6.49. The molecule has 4 aromatic rings. The third kappa shape index (κ3) is 7.26. The number of aryl methyl sites for hydroxylation is 4. The van der Waals surface area contributed by atoms with Crippen molar-refractivity contribution in [1.29, 1.82) is 0 Å². The van der Waals surface area contributed by atoms with Gasteiger partial charge in [0, 0.05) is 18.7 Å². The first kappa shape index (κ1) is 35.1. The van der Waals surface area contributed by atoms with Crippen LogP contribution in [0.5, 0.6) is 0 Å². The lowest BCUT2D eigenvalue weighted by molar-refractivity contribution is 0.213. The van der Waals surface area contributed by atoms with Gasteiger partial charge in [-0.25, -0.2) is 31.9 Å². The van der Waals surface area contributed by atoms with Crippen LogP contribution in [0.3, 0.4) is 0 Å². The van der Waals surface area contributed by atoms with Crippen LogP contribution in [0.1, 0.15) is 66.5 Å². The number of aliphatic imine (C=N–C) groups is 2. The minimum atomic E-state index is -2.23. The molecule has 1 heterocycles.